The van der Waals surface area contributed by atoms with E-state index in [9.17, 15) is 10.2 Å². The molecule has 0 radical (unpaired) electrons. The summed E-state index contributed by atoms with van der Waals surface area (Å²) in [5.74, 6) is 1.39. The van der Waals surface area contributed by atoms with Gasteiger partial charge in [0.2, 0.25) is 0 Å². The van der Waals surface area contributed by atoms with Crippen molar-refractivity contribution in [3.63, 3.8) is 0 Å². The Morgan fingerprint density at radius 3 is 1.63 bits per heavy atom. The predicted molar refractivity (Wildman–Crippen MR) is 107 cm³/mol. The van der Waals surface area contributed by atoms with E-state index in [4.69, 9.17) is 5.73 Å². The molecule has 0 bridgehead atoms. The number of phenols is 2. The Morgan fingerprint density at radius 1 is 0.630 bits per heavy atom. The normalized spacial score (nSPS) is 10.7. The zero-order valence-corrected chi connectivity index (χ0v) is 14.2. The lowest BCUT2D eigenvalue weighted by Gasteiger charge is -2.14. The van der Waals surface area contributed by atoms with Gasteiger partial charge in [0.1, 0.15) is 11.5 Å². The number of nitrogens with two attached hydrogens (primary N) is 1. The first-order chi connectivity index (χ1) is 13.1. The Hall–Kier alpha value is -4.00. The molecule has 7 heteroatoms. The minimum atomic E-state index is 0.181. The largest absolute Gasteiger partial charge is 0.508 e. The van der Waals surface area contributed by atoms with E-state index in [0.717, 1.165) is 11.4 Å². The molecule has 0 aliphatic heterocycles. The molecule has 0 aliphatic carbocycles. The molecule has 1 heterocycles. The predicted octanol–water partition coefficient (Wildman–Crippen LogP) is 4.11. The van der Waals surface area contributed by atoms with Crippen molar-refractivity contribution >= 4 is 39.7 Å². The van der Waals surface area contributed by atoms with Gasteiger partial charge in [-0.05, 0) is 66.7 Å². The molecule has 6 N–H and O–H groups in total. The van der Waals surface area contributed by atoms with Gasteiger partial charge in [-0.1, -0.05) is 0 Å². The molecule has 0 amide bonds. The fourth-order valence-electron chi connectivity index (χ4n) is 2.61. The van der Waals surface area contributed by atoms with E-state index < -0.39 is 0 Å². The molecule has 0 atom stereocenters. The van der Waals surface area contributed by atoms with Gasteiger partial charge in [-0.15, -0.1) is 0 Å². The van der Waals surface area contributed by atoms with Crippen LogP contribution in [0.2, 0.25) is 0 Å². The van der Waals surface area contributed by atoms with Crippen molar-refractivity contribution in [1.82, 2.24) is 9.97 Å². The number of fused-ring (bicyclic) bond motifs is 1. The highest BCUT2D eigenvalue weighted by Crippen LogP contribution is 2.29. The van der Waals surface area contributed by atoms with Crippen LogP contribution in [0.5, 0.6) is 11.5 Å². The molecular weight excluding hydrogens is 342 g/mol. The van der Waals surface area contributed by atoms with Crippen molar-refractivity contribution in [2.75, 3.05) is 16.4 Å². The van der Waals surface area contributed by atoms with Crippen LogP contribution in [0.25, 0.3) is 11.0 Å². The van der Waals surface area contributed by atoms with Crippen LogP contribution in [0, 0.1) is 0 Å². The number of benzene rings is 3. The fraction of sp³-hybridized carbons (Fsp3) is 0. The molecule has 4 rings (SSSR count). The van der Waals surface area contributed by atoms with Crippen LogP contribution in [-0.4, -0.2) is 20.2 Å². The number of nitrogens with zero attached hydrogens (tertiary/aromatic N) is 2. The van der Waals surface area contributed by atoms with Crippen LogP contribution in [0.4, 0.5) is 28.7 Å². The smallest absolute Gasteiger partial charge is 0.174 e. The lowest BCUT2D eigenvalue weighted by Crippen LogP contribution is -2.03. The van der Waals surface area contributed by atoms with Gasteiger partial charge in [-0.2, -0.15) is 0 Å². The number of anilines is 5. The minimum Gasteiger partial charge on any atom is -0.508 e. The zero-order valence-electron chi connectivity index (χ0n) is 14.2. The number of nitrogens with one attached hydrogen (secondary N) is 2. The molecule has 0 fully saturated rings. The van der Waals surface area contributed by atoms with E-state index in [-0.39, 0.29) is 11.5 Å². The van der Waals surface area contributed by atoms with E-state index in [1.807, 2.05) is 6.07 Å². The third kappa shape index (κ3) is 3.67. The Morgan fingerprint density at radius 2 is 1.11 bits per heavy atom. The molecule has 1 aromatic heterocycles. The average molecular weight is 359 g/mol. The van der Waals surface area contributed by atoms with Crippen molar-refractivity contribution in [3.8, 4) is 11.5 Å². The van der Waals surface area contributed by atoms with Gasteiger partial charge in [-0.3, -0.25) is 0 Å². The number of aromatic nitrogens is 2. The summed E-state index contributed by atoms with van der Waals surface area (Å²) in [6.07, 6.45) is 0. The lowest BCUT2D eigenvalue weighted by atomic mass is 10.2. The van der Waals surface area contributed by atoms with Gasteiger partial charge < -0.3 is 26.6 Å². The molecule has 0 unspecified atom stereocenters. The number of rotatable bonds is 4. The molecule has 4 aromatic rings. The molecule has 0 spiro atoms. The summed E-state index contributed by atoms with van der Waals surface area (Å²) in [7, 11) is 0. The van der Waals surface area contributed by atoms with Gasteiger partial charge in [0.25, 0.3) is 0 Å². The van der Waals surface area contributed by atoms with Gasteiger partial charge in [0.05, 0.1) is 11.0 Å². The van der Waals surface area contributed by atoms with E-state index >= 15 is 0 Å². The second kappa shape index (κ2) is 6.72. The Kier molecular flexibility index (Phi) is 4.10. The first-order valence-corrected chi connectivity index (χ1v) is 8.26. The van der Waals surface area contributed by atoms with Crippen LogP contribution in [0.1, 0.15) is 0 Å². The molecule has 0 saturated heterocycles. The first kappa shape index (κ1) is 16.5. The van der Waals surface area contributed by atoms with E-state index in [2.05, 4.69) is 20.6 Å². The second-order valence-corrected chi connectivity index (χ2v) is 6.01. The maximum absolute atomic E-state index is 9.46. The number of nitrogen functional groups attached to an aromatic ring is 1. The summed E-state index contributed by atoms with van der Waals surface area (Å²) in [6.45, 7) is 0. The first-order valence-electron chi connectivity index (χ1n) is 8.26. The van der Waals surface area contributed by atoms with Gasteiger partial charge in [0.15, 0.2) is 11.6 Å². The summed E-state index contributed by atoms with van der Waals surface area (Å²) in [5.41, 5.74) is 9.33. The highest BCUT2D eigenvalue weighted by Gasteiger charge is 2.11. The topological polar surface area (TPSA) is 116 Å². The van der Waals surface area contributed by atoms with Crippen molar-refractivity contribution < 1.29 is 10.2 Å². The average Bonchev–Trinajstić information content (AvgIpc) is 2.66. The molecule has 3 aromatic carbocycles. The molecule has 0 aliphatic rings. The molecule has 134 valence electrons. The van der Waals surface area contributed by atoms with Crippen LogP contribution >= 0.6 is 0 Å². The summed E-state index contributed by atoms with van der Waals surface area (Å²) < 4.78 is 0. The third-order valence-corrected chi connectivity index (χ3v) is 3.95. The van der Waals surface area contributed by atoms with Crippen molar-refractivity contribution in [2.45, 2.75) is 0 Å². The monoisotopic (exact) mass is 359 g/mol. The number of phenolic OH excluding ortho intramolecular Hbond substituents is 2. The van der Waals surface area contributed by atoms with Gasteiger partial charge in [0, 0.05) is 17.1 Å². The van der Waals surface area contributed by atoms with Gasteiger partial charge in [-0.25, -0.2) is 9.97 Å². The fourth-order valence-corrected chi connectivity index (χ4v) is 2.61. The number of hydrogen-bond donors (Lipinski definition) is 5. The van der Waals surface area contributed by atoms with E-state index in [1.165, 1.54) is 0 Å². The summed E-state index contributed by atoms with van der Waals surface area (Å²) >= 11 is 0. The Balaban J connectivity index is 1.77. The second-order valence-electron chi connectivity index (χ2n) is 6.01. The summed E-state index contributed by atoms with van der Waals surface area (Å²) in [4.78, 5) is 9.28. The number of hydrogen-bond acceptors (Lipinski definition) is 7. The maximum atomic E-state index is 9.46. The Labute approximate surface area is 155 Å². The number of aromatic hydroxyl groups is 2. The van der Waals surface area contributed by atoms with Crippen LogP contribution in [0.3, 0.4) is 0 Å². The van der Waals surface area contributed by atoms with Crippen LogP contribution in [0.15, 0.2) is 66.7 Å². The standard InChI is InChI=1S/C20H17N5O2/c21-12-1-10-17-18(11-12)25-20(23-14-4-8-16(27)9-5-14)19(24-17)22-13-2-6-15(26)7-3-13/h1-11,26-27H,21H2,(H,22,24)(H,23,25). The summed E-state index contributed by atoms with van der Waals surface area (Å²) in [6, 6.07) is 18.7. The minimum absolute atomic E-state index is 0.181. The quantitative estimate of drug-likeness (QED) is 0.275. The van der Waals surface area contributed by atoms with Crippen LogP contribution < -0.4 is 16.4 Å². The third-order valence-electron chi connectivity index (χ3n) is 3.95. The van der Waals surface area contributed by atoms with Crippen molar-refractivity contribution in [2.24, 2.45) is 0 Å². The van der Waals surface area contributed by atoms with Crippen LogP contribution in [-0.2, 0) is 0 Å². The van der Waals surface area contributed by atoms with E-state index in [1.54, 1.807) is 60.7 Å². The van der Waals surface area contributed by atoms with Crippen molar-refractivity contribution in [3.05, 3.63) is 66.7 Å². The van der Waals surface area contributed by atoms with Gasteiger partial charge >= 0.3 is 0 Å². The molecule has 27 heavy (non-hydrogen) atoms. The highest BCUT2D eigenvalue weighted by molar-refractivity contribution is 5.85. The highest BCUT2D eigenvalue weighted by atomic mass is 16.3. The molecule has 7 nitrogen and oxygen atoms in total. The maximum Gasteiger partial charge on any atom is 0.174 e. The molecule has 0 saturated carbocycles. The Bertz CT molecular complexity index is 1100. The van der Waals surface area contributed by atoms with E-state index in [0.29, 0.717) is 28.4 Å². The summed E-state index contributed by atoms with van der Waals surface area (Å²) in [5, 5.41) is 25.3. The molecular formula is C20H17N5O2. The SMILES string of the molecule is Nc1ccc2nc(Nc3ccc(O)cc3)c(Nc3ccc(O)cc3)nc2c1. The zero-order chi connectivity index (χ0) is 18.8. The van der Waals surface area contributed by atoms with Crippen molar-refractivity contribution in [1.29, 1.82) is 0 Å². The lowest BCUT2D eigenvalue weighted by molar-refractivity contribution is 0.475.